The van der Waals surface area contributed by atoms with Crippen LogP contribution in [0.2, 0.25) is 0 Å². The van der Waals surface area contributed by atoms with Gasteiger partial charge in [-0.1, -0.05) is 30.3 Å². The van der Waals surface area contributed by atoms with Gasteiger partial charge in [-0.15, -0.1) is 0 Å². The van der Waals surface area contributed by atoms with Crippen molar-refractivity contribution in [1.29, 1.82) is 0 Å². The number of ether oxygens (including phenoxy) is 2. The molecule has 0 spiro atoms. The minimum atomic E-state index is -0.595. The van der Waals surface area contributed by atoms with Gasteiger partial charge >= 0.3 is 12.0 Å². The lowest BCUT2D eigenvalue weighted by molar-refractivity contribution is -0.136. The van der Waals surface area contributed by atoms with Crippen molar-refractivity contribution in [2.75, 3.05) is 51.8 Å². The number of hydrogen-bond donors (Lipinski definition) is 2. The minimum Gasteiger partial charge on any atom is -0.497 e. The van der Waals surface area contributed by atoms with Gasteiger partial charge in [0.15, 0.2) is 0 Å². The number of urea groups is 1. The van der Waals surface area contributed by atoms with Crippen LogP contribution >= 0.6 is 0 Å². The molecule has 2 heterocycles. The summed E-state index contributed by atoms with van der Waals surface area (Å²) in [5.74, 6) is 0.241. The van der Waals surface area contributed by atoms with Gasteiger partial charge in [0.1, 0.15) is 5.75 Å². The van der Waals surface area contributed by atoms with Gasteiger partial charge < -0.3 is 25.0 Å². The standard InChI is InChI=1S/C24H28N4O4/c1-31-19-10-8-17(9-11-19)22-21(23(29)32-2)20(25-24(30)26-22)16-27-12-14-28(15-13-27)18-6-4-3-5-7-18/h3-11,22H,12-16H2,1-2H3,(H2,25,26,30)/t22-/m0/s1. The Balaban J connectivity index is 1.54. The Kier molecular flexibility index (Phi) is 6.61. The van der Waals surface area contributed by atoms with E-state index >= 15 is 0 Å². The molecule has 0 aliphatic carbocycles. The number of piperazine rings is 1. The Morgan fingerprint density at radius 2 is 1.69 bits per heavy atom. The van der Waals surface area contributed by atoms with Crippen LogP contribution in [-0.4, -0.2) is 63.8 Å². The minimum absolute atomic E-state index is 0.337. The van der Waals surface area contributed by atoms with E-state index in [4.69, 9.17) is 9.47 Å². The largest absolute Gasteiger partial charge is 0.497 e. The third-order valence-electron chi connectivity index (χ3n) is 5.88. The van der Waals surface area contributed by atoms with Crippen LogP contribution in [0.4, 0.5) is 10.5 Å². The van der Waals surface area contributed by atoms with Crippen molar-refractivity contribution >= 4 is 17.7 Å². The smallest absolute Gasteiger partial charge is 0.338 e. The zero-order valence-corrected chi connectivity index (χ0v) is 18.3. The zero-order chi connectivity index (χ0) is 22.5. The molecule has 0 radical (unpaired) electrons. The summed E-state index contributed by atoms with van der Waals surface area (Å²) in [4.78, 5) is 29.8. The van der Waals surface area contributed by atoms with Gasteiger partial charge in [0.05, 0.1) is 25.8 Å². The summed E-state index contributed by atoms with van der Waals surface area (Å²) in [6.45, 7) is 3.86. The lowest BCUT2D eigenvalue weighted by Gasteiger charge is -2.38. The van der Waals surface area contributed by atoms with Gasteiger partial charge in [0.25, 0.3) is 0 Å². The summed E-state index contributed by atoms with van der Waals surface area (Å²) in [7, 11) is 2.95. The van der Waals surface area contributed by atoms with Crippen molar-refractivity contribution < 1.29 is 19.1 Å². The lowest BCUT2D eigenvalue weighted by atomic mass is 9.95. The summed E-state index contributed by atoms with van der Waals surface area (Å²) in [6.07, 6.45) is 0. The first-order chi connectivity index (χ1) is 15.6. The Hall–Kier alpha value is -3.52. The first kappa shape index (κ1) is 21.7. The van der Waals surface area contributed by atoms with Crippen LogP contribution in [-0.2, 0) is 9.53 Å². The van der Waals surface area contributed by atoms with Crippen LogP contribution < -0.4 is 20.3 Å². The number of carbonyl (C=O) groups is 2. The third-order valence-corrected chi connectivity index (χ3v) is 5.88. The monoisotopic (exact) mass is 436 g/mol. The maximum absolute atomic E-state index is 12.7. The molecule has 2 aliphatic heterocycles. The summed E-state index contributed by atoms with van der Waals surface area (Å²) >= 11 is 0. The summed E-state index contributed by atoms with van der Waals surface area (Å²) in [5, 5.41) is 5.70. The number of nitrogens with zero attached hydrogens (tertiary/aromatic N) is 2. The molecule has 0 saturated carbocycles. The number of esters is 1. The van der Waals surface area contributed by atoms with Gasteiger partial charge in [-0.2, -0.15) is 0 Å². The van der Waals surface area contributed by atoms with E-state index in [2.05, 4.69) is 32.6 Å². The maximum atomic E-state index is 12.7. The molecule has 2 aromatic rings. The number of amides is 2. The van der Waals surface area contributed by atoms with Crippen molar-refractivity contribution in [2.45, 2.75) is 6.04 Å². The molecule has 168 valence electrons. The molecule has 1 saturated heterocycles. The topological polar surface area (TPSA) is 83.1 Å². The van der Waals surface area contributed by atoms with Crippen molar-refractivity contribution in [3.8, 4) is 5.75 Å². The number of benzene rings is 2. The van der Waals surface area contributed by atoms with Gasteiger partial charge in [-0.3, -0.25) is 4.90 Å². The Labute approximate surface area is 187 Å². The maximum Gasteiger partial charge on any atom is 0.338 e. The molecule has 1 fully saturated rings. The van der Waals surface area contributed by atoms with Crippen molar-refractivity contribution in [3.05, 3.63) is 71.4 Å². The average molecular weight is 437 g/mol. The molecule has 1 atom stereocenters. The highest BCUT2D eigenvalue weighted by molar-refractivity contribution is 5.95. The van der Waals surface area contributed by atoms with E-state index in [1.165, 1.54) is 12.8 Å². The fourth-order valence-corrected chi connectivity index (χ4v) is 4.17. The third kappa shape index (κ3) is 4.70. The second-order valence-electron chi connectivity index (χ2n) is 7.79. The van der Waals surface area contributed by atoms with E-state index in [9.17, 15) is 9.59 Å². The van der Waals surface area contributed by atoms with Crippen molar-refractivity contribution in [2.24, 2.45) is 0 Å². The Morgan fingerprint density at radius 1 is 1.00 bits per heavy atom. The molecule has 0 unspecified atom stereocenters. The van der Waals surface area contributed by atoms with Crippen LogP contribution in [0, 0.1) is 0 Å². The van der Waals surface area contributed by atoms with E-state index in [1.807, 2.05) is 30.3 Å². The number of nitrogens with one attached hydrogen (secondary N) is 2. The van der Waals surface area contributed by atoms with Crippen LogP contribution in [0.25, 0.3) is 0 Å². The molecule has 2 amide bonds. The van der Waals surface area contributed by atoms with Crippen LogP contribution in [0.3, 0.4) is 0 Å². The number of methoxy groups -OCH3 is 2. The second kappa shape index (κ2) is 9.74. The predicted octanol–water partition coefficient (Wildman–Crippen LogP) is 2.30. The van der Waals surface area contributed by atoms with E-state index in [0.717, 1.165) is 31.7 Å². The number of carbonyl (C=O) groups excluding carboxylic acids is 2. The van der Waals surface area contributed by atoms with Gasteiger partial charge in [-0.05, 0) is 29.8 Å². The van der Waals surface area contributed by atoms with E-state index in [1.54, 1.807) is 19.2 Å². The summed E-state index contributed by atoms with van der Waals surface area (Å²) < 4.78 is 10.3. The molecule has 8 nitrogen and oxygen atoms in total. The van der Waals surface area contributed by atoms with E-state index in [-0.39, 0.29) is 6.03 Å². The molecule has 2 aromatic carbocycles. The number of rotatable bonds is 6. The Morgan fingerprint density at radius 3 is 2.31 bits per heavy atom. The van der Waals surface area contributed by atoms with Crippen LogP contribution in [0.1, 0.15) is 11.6 Å². The first-order valence-electron chi connectivity index (χ1n) is 10.6. The quantitative estimate of drug-likeness (QED) is 0.677. The summed E-state index contributed by atoms with van der Waals surface area (Å²) in [5.41, 5.74) is 2.99. The fourth-order valence-electron chi connectivity index (χ4n) is 4.17. The van der Waals surface area contributed by atoms with Crippen molar-refractivity contribution in [3.63, 3.8) is 0 Å². The van der Waals surface area contributed by atoms with Gasteiger partial charge in [0, 0.05) is 44.1 Å². The molecule has 0 aromatic heterocycles. The van der Waals surface area contributed by atoms with Gasteiger partial charge in [0.2, 0.25) is 0 Å². The number of para-hydroxylation sites is 1. The van der Waals surface area contributed by atoms with E-state index < -0.39 is 12.0 Å². The predicted molar refractivity (Wildman–Crippen MR) is 122 cm³/mol. The SMILES string of the molecule is COC(=O)C1=C(CN2CCN(c3ccccc3)CC2)NC(=O)N[C@H]1c1ccc(OC)cc1. The molecule has 2 N–H and O–H groups in total. The number of anilines is 1. The molecule has 4 rings (SSSR count). The molecule has 0 bridgehead atoms. The number of hydrogen-bond acceptors (Lipinski definition) is 6. The highest BCUT2D eigenvalue weighted by atomic mass is 16.5. The summed E-state index contributed by atoms with van der Waals surface area (Å²) in [6, 6.07) is 16.7. The highest BCUT2D eigenvalue weighted by Gasteiger charge is 2.34. The van der Waals surface area contributed by atoms with Crippen LogP contribution in [0.15, 0.2) is 65.9 Å². The molecule has 2 aliphatic rings. The first-order valence-corrected chi connectivity index (χ1v) is 10.6. The molecule has 8 heteroatoms. The normalized spacial score (nSPS) is 19.2. The average Bonchev–Trinajstić information content (AvgIpc) is 2.84. The molecule has 32 heavy (non-hydrogen) atoms. The van der Waals surface area contributed by atoms with Crippen LogP contribution in [0.5, 0.6) is 5.75 Å². The zero-order valence-electron chi connectivity index (χ0n) is 18.3. The van der Waals surface area contributed by atoms with Gasteiger partial charge in [-0.25, -0.2) is 9.59 Å². The molecular formula is C24H28N4O4. The fraction of sp³-hybridized carbons (Fsp3) is 0.333. The van der Waals surface area contributed by atoms with Crippen molar-refractivity contribution in [1.82, 2.24) is 15.5 Å². The Bertz CT molecular complexity index is 983. The molecular weight excluding hydrogens is 408 g/mol. The highest BCUT2D eigenvalue weighted by Crippen LogP contribution is 2.29. The van der Waals surface area contributed by atoms with E-state index in [0.29, 0.717) is 23.6 Å². The lowest BCUT2D eigenvalue weighted by Crippen LogP contribution is -2.51. The second-order valence-corrected chi connectivity index (χ2v) is 7.79.